The Balaban J connectivity index is 0.00000240. The Morgan fingerprint density at radius 2 is 1.83 bits per heavy atom. The van der Waals surface area contributed by atoms with Crippen molar-refractivity contribution in [1.82, 2.24) is 0 Å². The molecule has 2 aromatic carbocycles. The van der Waals surface area contributed by atoms with E-state index >= 15 is 0 Å². The maximum absolute atomic E-state index is 12.4. The number of pyridine rings is 1. The summed E-state index contributed by atoms with van der Waals surface area (Å²) >= 11 is 5.87. The first-order valence-electron chi connectivity index (χ1n) is 9.33. The van der Waals surface area contributed by atoms with Gasteiger partial charge in [0.1, 0.15) is 5.69 Å². The van der Waals surface area contributed by atoms with Gasteiger partial charge in [0.05, 0.1) is 6.04 Å². The first-order valence-corrected chi connectivity index (χ1v) is 9.71. The van der Waals surface area contributed by atoms with Crippen LogP contribution in [0.1, 0.15) is 40.4 Å². The van der Waals surface area contributed by atoms with Crippen LogP contribution in [0, 0.1) is 0 Å². The molecule has 3 aromatic rings. The van der Waals surface area contributed by atoms with Crippen LogP contribution in [0.3, 0.4) is 0 Å². The molecule has 1 aliphatic rings. The van der Waals surface area contributed by atoms with Crippen LogP contribution in [0.15, 0.2) is 60.7 Å². The Hall–Kier alpha value is -2.76. The quantitative estimate of drug-likeness (QED) is 0.588. The third-order valence-electron chi connectivity index (χ3n) is 5.03. The van der Waals surface area contributed by atoms with Crippen LogP contribution in [0.5, 0.6) is 0 Å². The number of carbonyl (C=O) groups excluding carboxylic acids is 1. The molecule has 0 saturated heterocycles. The lowest BCUT2D eigenvalue weighted by molar-refractivity contribution is -0.342. The Labute approximate surface area is 181 Å². The zero-order valence-electron chi connectivity index (χ0n) is 15.7. The largest absolute Gasteiger partial charge is 1.00 e. The molecule has 0 aliphatic heterocycles. The van der Waals surface area contributed by atoms with Crippen LogP contribution in [-0.4, -0.2) is 5.91 Å². The number of anilines is 3. The van der Waals surface area contributed by atoms with Crippen molar-refractivity contribution >= 4 is 34.8 Å². The number of aryl methyl sites for hydroxylation is 1. The highest BCUT2D eigenvalue weighted by Crippen LogP contribution is 2.31. The molecule has 0 bridgehead atoms. The number of aromatic nitrogens is 1. The molecule has 1 amide bonds. The van der Waals surface area contributed by atoms with Gasteiger partial charge in [-0.05, 0) is 60.7 Å². The fourth-order valence-electron chi connectivity index (χ4n) is 3.59. The van der Waals surface area contributed by atoms with Gasteiger partial charge in [-0.25, -0.2) is 4.98 Å². The van der Waals surface area contributed by atoms with Crippen molar-refractivity contribution in [2.24, 2.45) is 0 Å². The third kappa shape index (κ3) is 4.81. The monoisotopic (exact) mass is 428 g/mol. The molecule has 0 radical (unpaired) electrons. The van der Waals surface area contributed by atoms with Gasteiger partial charge in [0.15, 0.2) is 0 Å². The van der Waals surface area contributed by atoms with Gasteiger partial charge in [-0.15, -0.1) is 0 Å². The SMILES string of the molecule is Nc1[nH+]c(NC2CCCc3ccccc32)ccc1NC(=O)c1ccc(Cl)cc1.[Cl-]. The molecule has 4 rings (SSSR count). The third-order valence-corrected chi connectivity index (χ3v) is 5.28. The lowest BCUT2D eigenvalue weighted by atomic mass is 9.88. The molecule has 1 atom stereocenters. The van der Waals surface area contributed by atoms with Crippen molar-refractivity contribution < 1.29 is 22.2 Å². The average Bonchev–Trinajstić information content (AvgIpc) is 2.71. The van der Waals surface area contributed by atoms with Gasteiger partial charge in [0, 0.05) is 16.7 Å². The molecule has 1 aliphatic carbocycles. The second kappa shape index (κ2) is 9.16. The molecular weight excluding hydrogens is 407 g/mol. The van der Waals surface area contributed by atoms with Gasteiger partial charge in [0.25, 0.3) is 5.91 Å². The van der Waals surface area contributed by atoms with E-state index in [0.29, 0.717) is 22.1 Å². The molecule has 1 unspecified atom stereocenters. The number of hydrogen-bond donors (Lipinski definition) is 3. The Morgan fingerprint density at radius 1 is 1.07 bits per heavy atom. The van der Waals surface area contributed by atoms with Crippen LogP contribution in [0.4, 0.5) is 17.3 Å². The summed E-state index contributed by atoms with van der Waals surface area (Å²) in [6, 6.07) is 19.2. The van der Waals surface area contributed by atoms with Crippen LogP contribution < -0.4 is 33.8 Å². The molecule has 0 saturated carbocycles. The van der Waals surface area contributed by atoms with E-state index < -0.39 is 0 Å². The highest BCUT2D eigenvalue weighted by atomic mass is 35.5. The number of nitrogens with two attached hydrogens (primary N) is 1. The number of hydrogen-bond acceptors (Lipinski definition) is 3. The zero-order valence-corrected chi connectivity index (χ0v) is 17.2. The van der Waals surface area contributed by atoms with Crippen molar-refractivity contribution in [3.05, 3.63) is 82.4 Å². The molecule has 1 aromatic heterocycles. The maximum atomic E-state index is 12.4. The summed E-state index contributed by atoms with van der Waals surface area (Å²) in [5.41, 5.74) is 9.92. The topological polar surface area (TPSA) is 81.3 Å². The molecule has 0 spiro atoms. The lowest BCUT2D eigenvalue weighted by Gasteiger charge is -2.24. The smallest absolute Gasteiger partial charge is 0.255 e. The number of halogens is 2. The summed E-state index contributed by atoms with van der Waals surface area (Å²) in [5, 5.41) is 6.95. The highest BCUT2D eigenvalue weighted by molar-refractivity contribution is 6.30. The fraction of sp³-hybridized carbons (Fsp3) is 0.182. The first kappa shape index (κ1) is 21.0. The van der Waals surface area contributed by atoms with Crippen LogP contribution in [0.25, 0.3) is 0 Å². The van der Waals surface area contributed by atoms with Crippen molar-refractivity contribution in [3.63, 3.8) is 0 Å². The van der Waals surface area contributed by atoms with Crippen LogP contribution in [0.2, 0.25) is 5.02 Å². The number of H-pyrrole nitrogens is 1. The standard InChI is InChI=1S/C22H21ClN4O.ClH/c23-16-10-8-15(9-11-16)22(28)26-19-12-13-20(27-21(19)24)25-18-7-3-5-14-4-1-2-6-17(14)18;/h1-2,4,6,8-13,18H,3,5,7H2,(H,26,28)(H3,24,25,27);1H. The molecule has 1 heterocycles. The second-order valence-corrected chi connectivity index (χ2v) is 7.38. The van der Waals surface area contributed by atoms with Crippen molar-refractivity contribution in [2.75, 3.05) is 16.4 Å². The minimum absolute atomic E-state index is 0. The predicted octanol–water partition coefficient (Wildman–Crippen LogP) is 1.48. The molecule has 29 heavy (non-hydrogen) atoms. The minimum atomic E-state index is -0.237. The van der Waals surface area contributed by atoms with E-state index in [1.807, 2.05) is 6.07 Å². The zero-order chi connectivity index (χ0) is 19.5. The lowest BCUT2D eigenvalue weighted by Crippen LogP contribution is -3.00. The van der Waals surface area contributed by atoms with E-state index in [0.717, 1.165) is 25.1 Å². The number of nitrogen functional groups attached to an aromatic ring is 1. The summed E-state index contributed by atoms with van der Waals surface area (Å²) < 4.78 is 0. The fourth-order valence-corrected chi connectivity index (χ4v) is 3.72. The van der Waals surface area contributed by atoms with Crippen molar-refractivity contribution in [3.8, 4) is 0 Å². The van der Waals surface area contributed by atoms with Crippen LogP contribution >= 0.6 is 11.6 Å². The van der Waals surface area contributed by atoms with E-state index in [1.54, 1.807) is 30.3 Å². The molecular formula is C22H22Cl2N4O. The van der Waals surface area contributed by atoms with Gasteiger partial charge < -0.3 is 23.5 Å². The molecule has 5 nitrogen and oxygen atoms in total. The summed E-state index contributed by atoms with van der Waals surface area (Å²) in [5.74, 6) is 0.985. The number of nitrogens with one attached hydrogen (secondary N) is 3. The highest BCUT2D eigenvalue weighted by Gasteiger charge is 2.22. The van der Waals surface area contributed by atoms with Crippen LogP contribution in [-0.2, 0) is 6.42 Å². The number of aromatic amines is 1. The van der Waals surface area contributed by atoms with E-state index in [2.05, 4.69) is 39.9 Å². The predicted molar refractivity (Wildman–Crippen MR) is 113 cm³/mol. The molecule has 0 fully saturated rings. The van der Waals surface area contributed by atoms with E-state index in [-0.39, 0.29) is 24.4 Å². The Bertz CT molecular complexity index is 1010. The number of benzene rings is 2. The van der Waals surface area contributed by atoms with Gasteiger partial charge in [-0.1, -0.05) is 35.9 Å². The maximum Gasteiger partial charge on any atom is 0.255 e. The van der Waals surface area contributed by atoms with Gasteiger partial charge in [-0.2, -0.15) is 0 Å². The second-order valence-electron chi connectivity index (χ2n) is 6.95. The normalized spacial score (nSPS) is 15.0. The van der Waals surface area contributed by atoms with Gasteiger partial charge in [0.2, 0.25) is 11.6 Å². The minimum Gasteiger partial charge on any atom is -1.00 e. The summed E-state index contributed by atoms with van der Waals surface area (Å²) in [7, 11) is 0. The molecule has 150 valence electrons. The molecule has 7 heteroatoms. The number of carbonyl (C=O) groups is 1. The van der Waals surface area contributed by atoms with Crippen molar-refractivity contribution in [2.45, 2.75) is 25.3 Å². The van der Waals surface area contributed by atoms with Gasteiger partial charge in [-0.3, -0.25) is 10.1 Å². The Kier molecular flexibility index (Phi) is 6.62. The summed E-state index contributed by atoms with van der Waals surface area (Å²) in [4.78, 5) is 15.5. The number of amides is 1. The average molecular weight is 429 g/mol. The van der Waals surface area contributed by atoms with E-state index in [9.17, 15) is 4.79 Å². The molecule has 5 N–H and O–H groups in total. The van der Waals surface area contributed by atoms with E-state index in [4.69, 9.17) is 17.3 Å². The van der Waals surface area contributed by atoms with Crippen molar-refractivity contribution in [1.29, 1.82) is 0 Å². The Morgan fingerprint density at radius 3 is 2.59 bits per heavy atom. The van der Waals surface area contributed by atoms with E-state index in [1.165, 1.54) is 11.1 Å². The van der Waals surface area contributed by atoms with Gasteiger partial charge >= 0.3 is 0 Å². The summed E-state index contributed by atoms with van der Waals surface area (Å²) in [6.45, 7) is 0. The number of rotatable bonds is 4. The summed E-state index contributed by atoms with van der Waals surface area (Å²) in [6.07, 6.45) is 3.34. The first-order chi connectivity index (χ1) is 13.6. The number of fused-ring (bicyclic) bond motifs is 1.